The summed E-state index contributed by atoms with van der Waals surface area (Å²) in [5.41, 5.74) is 1.53. The summed E-state index contributed by atoms with van der Waals surface area (Å²) in [7, 11) is 0. The molecular weight excluding hydrogens is 328 g/mol. The van der Waals surface area contributed by atoms with Gasteiger partial charge in [-0.2, -0.15) is 0 Å². The number of carboxylic acid groups (broad SMARTS) is 1. The molecule has 0 saturated carbocycles. The topological polar surface area (TPSA) is 79.7 Å². The van der Waals surface area contributed by atoms with Gasteiger partial charge in [-0.3, -0.25) is 4.79 Å². The van der Waals surface area contributed by atoms with Gasteiger partial charge in [0, 0.05) is 24.4 Å². The van der Waals surface area contributed by atoms with Crippen molar-refractivity contribution in [3.05, 3.63) is 52.0 Å². The lowest BCUT2D eigenvalue weighted by Gasteiger charge is -2.16. The SMILES string of the molecule is O=C(O)Cc1csc(C2CCN(C(=O)OCc3ccccc3)C2)n1. The molecule has 1 atom stereocenters. The zero-order valence-electron chi connectivity index (χ0n) is 13.1. The first-order chi connectivity index (χ1) is 11.6. The Balaban J connectivity index is 1.52. The Kier molecular flexibility index (Phi) is 5.10. The van der Waals surface area contributed by atoms with Crippen LogP contribution in [0.25, 0.3) is 0 Å². The van der Waals surface area contributed by atoms with E-state index in [-0.39, 0.29) is 25.0 Å². The zero-order chi connectivity index (χ0) is 16.9. The smallest absolute Gasteiger partial charge is 0.410 e. The summed E-state index contributed by atoms with van der Waals surface area (Å²) >= 11 is 1.46. The molecule has 2 aromatic rings. The van der Waals surface area contributed by atoms with Crippen LogP contribution in [-0.2, 0) is 22.6 Å². The van der Waals surface area contributed by atoms with Crippen molar-refractivity contribution in [3.8, 4) is 0 Å². The first kappa shape index (κ1) is 16.4. The third-order valence-corrected chi connectivity index (χ3v) is 4.96. The Morgan fingerprint density at radius 1 is 1.33 bits per heavy atom. The van der Waals surface area contributed by atoms with Gasteiger partial charge in [0.05, 0.1) is 17.1 Å². The van der Waals surface area contributed by atoms with Crippen LogP contribution in [0.1, 0.15) is 28.6 Å². The van der Waals surface area contributed by atoms with Crippen molar-refractivity contribution < 1.29 is 19.4 Å². The maximum atomic E-state index is 12.2. The monoisotopic (exact) mass is 346 g/mol. The average Bonchev–Trinajstić information content (AvgIpc) is 3.22. The molecule has 1 aromatic heterocycles. The van der Waals surface area contributed by atoms with Crippen molar-refractivity contribution in [1.82, 2.24) is 9.88 Å². The van der Waals surface area contributed by atoms with E-state index in [4.69, 9.17) is 9.84 Å². The number of thiazole rings is 1. The fraction of sp³-hybridized carbons (Fsp3) is 0.353. The second-order valence-electron chi connectivity index (χ2n) is 5.72. The molecule has 3 rings (SSSR count). The second kappa shape index (κ2) is 7.44. The summed E-state index contributed by atoms with van der Waals surface area (Å²) in [6.07, 6.45) is 0.440. The fourth-order valence-electron chi connectivity index (χ4n) is 2.68. The van der Waals surface area contributed by atoms with Crippen molar-refractivity contribution in [2.24, 2.45) is 0 Å². The van der Waals surface area contributed by atoms with E-state index in [1.807, 2.05) is 30.3 Å². The minimum absolute atomic E-state index is 0.0634. The summed E-state index contributed by atoms with van der Waals surface area (Å²) in [5, 5.41) is 11.5. The van der Waals surface area contributed by atoms with Crippen molar-refractivity contribution in [1.29, 1.82) is 0 Å². The molecule has 0 aliphatic carbocycles. The number of carbonyl (C=O) groups is 2. The molecule has 0 radical (unpaired) electrons. The quantitative estimate of drug-likeness (QED) is 0.900. The first-order valence-corrected chi connectivity index (χ1v) is 8.61. The maximum Gasteiger partial charge on any atom is 0.410 e. The molecule has 1 N–H and O–H groups in total. The van der Waals surface area contributed by atoms with E-state index < -0.39 is 5.97 Å². The number of nitrogens with zero attached hydrogens (tertiary/aromatic N) is 2. The van der Waals surface area contributed by atoms with Crippen LogP contribution in [-0.4, -0.2) is 40.1 Å². The summed E-state index contributed by atoms with van der Waals surface area (Å²) in [4.78, 5) is 28.9. The van der Waals surface area contributed by atoms with Gasteiger partial charge in [-0.05, 0) is 12.0 Å². The molecule has 24 heavy (non-hydrogen) atoms. The van der Waals surface area contributed by atoms with Crippen molar-refractivity contribution >= 4 is 23.4 Å². The van der Waals surface area contributed by atoms with Crippen LogP contribution in [0.4, 0.5) is 4.79 Å². The number of likely N-dealkylation sites (tertiary alicyclic amines) is 1. The van der Waals surface area contributed by atoms with Gasteiger partial charge in [-0.15, -0.1) is 11.3 Å². The maximum absolute atomic E-state index is 12.2. The highest BCUT2D eigenvalue weighted by molar-refractivity contribution is 7.09. The van der Waals surface area contributed by atoms with Gasteiger partial charge < -0.3 is 14.7 Å². The van der Waals surface area contributed by atoms with Crippen molar-refractivity contribution in [3.63, 3.8) is 0 Å². The largest absolute Gasteiger partial charge is 0.481 e. The summed E-state index contributed by atoms with van der Waals surface area (Å²) < 4.78 is 5.35. The molecule has 2 heterocycles. The van der Waals surface area contributed by atoms with Gasteiger partial charge in [0.15, 0.2) is 0 Å². The van der Waals surface area contributed by atoms with Crippen LogP contribution < -0.4 is 0 Å². The third kappa shape index (κ3) is 4.11. The van der Waals surface area contributed by atoms with E-state index in [0.29, 0.717) is 18.8 Å². The molecule has 1 aliphatic heterocycles. The predicted octanol–water partition coefficient (Wildman–Crippen LogP) is 2.90. The Hall–Kier alpha value is -2.41. The molecular formula is C17H18N2O4S. The van der Waals surface area contributed by atoms with Gasteiger partial charge >= 0.3 is 12.1 Å². The molecule has 1 aromatic carbocycles. The van der Waals surface area contributed by atoms with Crippen LogP contribution in [0.3, 0.4) is 0 Å². The van der Waals surface area contributed by atoms with E-state index in [0.717, 1.165) is 17.0 Å². The lowest BCUT2D eigenvalue weighted by molar-refractivity contribution is -0.136. The molecule has 1 amide bonds. The molecule has 1 fully saturated rings. The van der Waals surface area contributed by atoms with E-state index in [9.17, 15) is 9.59 Å². The molecule has 7 heteroatoms. The summed E-state index contributed by atoms with van der Waals surface area (Å²) in [6, 6.07) is 9.57. The van der Waals surface area contributed by atoms with Gasteiger partial charge in [0.25, 0.3) is 0 Å². The van der Waals surface area contributed by atoms with Crippen molar-refractivity contribution in [2.75, 3.05) is 13.1 Å². The van der Waals surface area contributed by atoms with Gasteiger partial charge in [0.1, 0.15) is 6.61 Å². The van der Waals surface area contributed by atoms with E-state index in [1.165, 1.54) is 11.3 Å². The Bertz CT molecular complexity index is 716. The van der Waals surface area contributed by atoms with Gasteiger partial charge in [0.2, 0.25) is 0 Å². The standard InChI is InChI=1S/C17H18N2O4S/c20-15(21)8-14-11-24-16(18-14)13-6-7-19(9-13)17(22)23-10-12-4-2-1-3-5-12/h1-5,11,13H,6-10H2,(H,20,21). The highest BCUT2D eigenvalue weighted by Gasteiger charge is 2.30. The minimum Gasteiger partial charge on any atom is -0.481 e. The number of hydrogen-bond donors (Lipinski definition) is 1. The number of benzene rings is 1. The minimum atomic E-state index is -0.885. The number of rotatable bonds is 5. The summed E-state index contributed by atoms with van der Waals surface area (Å²) in [5.74, 6) is -0.730. The Labute approximate surface area is 143 Å². The third-order valence-electron chi connectivity index (χ3n) is 3.90. The second-order valence-corrected chi connectivity index (χ2v) is 6.61. The van der Waals surface area contributed by atoms with Gasteiger partial charge in [-0.1, -0.05) is 30.3 Å². The lowest BCUT2D eigenvalue weighted by atomic mass is 10.1. The fourth-order valence-corrected chi connectivity index (χ4v) is 3.63. The normalized spacial score (nSPS) is 17.0. The molecule has 0 spiro atoms. The predicted molar refractivity (Wildman–Crippen MR) is 89.0 cm³/mol. The van der Waals surface area contributed by atoms with Crippen molar-refractivity contribution in [2.45, 2.75) is 25.4 Å². The Morgan fingerprint density at radius 2 is 2.12 bits per heavy atom. The molecule has 0 bridgehead atoms. The first-order valence-electron chi connectivity index (χ1n) is 7.73. The number of aromatic nitrogens is 1. The highest BCUT2D eigenvalue weighted by atomic mass is 32.1. The van der Waals surface area contributed by atoms with Crippen LogP contribution in [0.15, 0.2) is 35.7 Å². The number of ether oxygens (including phenoxy) is 1. The number of carboxylic acids is 1. The van der Waals surface area contributed by atoms with Crippen LogP contribution in [0.5, 0.6) is 0 Å². The summed E-state index contributed by atoms with van der Waals surface area (Å²) in [6.45, 7) is 1.46. The number of carbonyl (C=O) groups excluding carboxylic acids is 1. The van der Waals surface area contributed by atoms with Gasteiger partial charge in [-0.25, -0.2) is 9.78 Å². The van der Waals surface area contributed by atoms with Crippen LogP contribution >= 0.6 is 11.3 Å². The van der Waals surface area contributed by atoms with E-state index in [1.54, 1.807) is 10.3 Å². The van der Waals surface area contributed by atoms with E-state index >= 15 is 0 Å². The number of amides is 1. The molecule has 126 valence electrons. The Morgan fingerprint density at radius 3 is 2.88 bits per heavy atom. The molecule has 6 nitrogen and oxygen atoms in total. The average molecular weight is 346 g/mol. The number of aliphatic carboxylic acids is 1. The van der Waals surface area contributed by atoms with Crippen LogP contribution in [0.2, 0.25) is 0 Å². The highest BCUT2D eigenvalue weighted by Crippen LogP contribution is 2.30. The number of hydrogen-bond acceptors (Lipinski definition) is 5. The van der Waals surface area contributed by atoms with Crippen LogP contribution in [0, 0.1) is 0 Å². The molecule has 1 unspecified atom stereocenters. The zero-order valence-corrected chi connectivity index (χ0v) is 13.9. The van der Waals surface area contributed by atoms with E-state index in [2.05, 4.69) is 4.98 Å². The molecule has 1 saturated heterocycles. The molecule has 1 aliphatic rings. The lowest BCUT2D eigenvalue weighted by Crippen LogP contribution is -2.29.